The Hall–Kier alpha value is -1.82. The minimum absolute atomic E-state index is 0.156. The van der Waals surface area contributed by atoms with Crippen molar-refractivity contribution in [3.63, 3.8) is 0 Å². The first-order valence-corrected chi connectivity index (χ1v) is 4.40. The topological polar surface area (TPSA) is 106 Å². The van der Waals surface area contributed by atoms with Crippen LogP contribution in [0.4, 0.5) is 0 Å². The molecule has 0 saturated heterocycles. The number of hydrogen-bond acceptors (Lipinski definition) is 4. The van der Waals surface area contributed by atoms with E-state index in [1.165, 1.54) is 6.26 Å². The highest BCUT2D eigenvalue weighted by Crippen LogP contribution is 2.15. The SMILES string of the molecule is NC(=O)C(=O)NCCC(O)c1ccco1. The number of carbonyl (C=O) groups excluding carboxylic acids is 2. The molecule has 0 spiro atoms. The molecule has 0 aromatic carbocycles. The lowest BCUT2D eigenvalue weighted by molar-refractivity contribution is -0.137. The fraction of sp³-hybridized carbons (Fsp3) is 0.333. The van der Waals surface area contributed by atoms with Crippen LogP contribution in [0.25, 0.3) is 0 Å². The maximum absolute atomic E-state index is 10.7. The van der Waals surface area contributed by atoms with Crippen molar-refractivity contribution in [2.45, 2.75) is 12.5 Å². The number of primary amides is 1. The predicted molar refractivity (Wildman–Crippen MR) is 50.5 cm³/mol. The molecule has 82 valence electrons. The molecule has 0 bridgehead atoms. The smallest absolute Gasteiger partial charge is 0.309 e. The minimum Gasteiger partial charge on any atom is -0.467 e. The molecule has 1 rings (SSSR count). The van der Waals surface area contributed by atoms with Gasteiger partial charge in [-0.25, -0.2) is 0 Å². The normalized spacial score (nSPS) is 12.1. The predicted octanol–water partition coefficient (Wildman–Crippen LogP) is -0.695. The third-order valence-corrected chi connectivity index (χ3v) is 1.80. The summed E-state index contributed by atoms with van der Waals surface area (Å²) in [5, 5.41) is 11.8. The summed E-state index contributed by atoms with van der Waals surface area (Å²) in [4.78, 5) is 21.1. The Kier molecular flexibility index (Phi) is 3.87. The molecular weight excluding hydrogens is 200 g/mol. The van der Waals surface area contributed by atoms with E-state index < -0.39 is 17.9 Å². The lowest BCUT2D eigenvalue weighted by atomic mass is 10.2. The van der Waals surface area contributed by atoms with Crippen LogP contribution in [0.5, 0.6) is 0 Å². The van der Waals surface area contributed by atoms with E-state index in [1.807, 2.05) is 0 Å². The maximum atomic E-state index is 10.7. The fourth-order valence-electron chi connectivity index (χ4n) is 1.03. The number of aliphatic hydroxyl groups excluding tert-OH is 1. The number of carbonyl (C=O) groups is 2. The number of amides is 2. The Morgan fingerprint density at radius 2 is 2.33 bits per heavy atom. The molecular formula is C9H12N2O4. The van der Waals surface area contributed by atoms with Crippen molar-refractivity contribution < 1.29 is 19.1 Å². The first-order chi connectivity index (χ1) is 7.11. The van der Waals surface area contributed by atoms with Gasteiger partial charge in [0.05, 0.1) is 6.26 Å². The molecule has 1 atom stereocenters. The number of nitrogens with one attached hydrogen (secondary N) is 1. The van der Waals surface area contributed by atoms with Crippen molar-refractivity contribution in [2.24, 2.45) is 5.73 Å². The van der Waals surface area contributed by atoms with Gasteiger partial charge in [0.25, 0.3) is 0 Å². The van der Waals surface area contributed by atoms with E-state index in [4.69, 9.17) is 10.2 Å². The second kappa shape index (κ2) is 5.16. The molecule has 0 radical (unpaired) electrons. The van der Waals surface area contributed by atoms with Crippen molar-refractivity contribution in [3.05, 3.63) is 24.2 Å². The van der Waals surface area contributed by atoms with Crippen molar-refractivity contribution >= 4 is 11.8 Å². The summed E-state index contributed by atoms with van der Waals surface area (Å²) >= 11 is 0. The van der Waals surface area contributed by atoms with Crippen molar-refractivity contribution in [3.8, 4) is 0 Å². The number of rotatable bonds is 4. The highest BCUT2D eigenvalue weighted by Gasteiger charge is 2.12. The summed E-state index contributed by atoms with van der Waals surface area (Å²) in [5.74, 6) is -1.48. The van der Waals surface area contributed by atoms with Gasteiger partial charge in [0.15, 0.2) is 0 Å². The van der Waals surface area contributed by atoms with Gasteiger partial charge in [-0.05, 0) is 18.6 Å². The van der Waals surface area contributed by atoms with Gasteiger partial charge in [-0.3, -0.25) is 9.59 Å². The number of furan rings is 1. The van der Waals surface area contributed by atoms with E-state index in [9.17, 15) is 14.7 Å². The van der Waals surface area contributed by atoms with Crippen LogP contribution in [-0.2, 0) is 9.59 Å². The lowest BCUT2D eigenvalue weighted by Gasteiger charge is -2.07. The zero-order valence-corrected chi connectivity index (χ0v) is 7.97. The Balaban J connectivity index is 2.26. The number of hydrogen-bond donors (Lipinski definition) is 3. The van der Waals surface area contributed by atoms with Gasteiger partial charge in [-0.2, -0.15) is 0 Å². The first kappa shape index (κ1) is 11.3. The lowest BCUT2D eigenvalue weighted by Crippen LogP contribution is -2.36. The Morgan fingerprint density at radius 1 is 1.60 bits per heavy atom. The maximum Gasteiger partial charge on any atom is 0.309 e. The van der Waals surface area contributed by atoms with Crippen LogP contribution in [0, 0.1) is 0 Å². The van der Waals surface area contributed by atoms with Gasteiger partial charge < -0.3 is 20.6 Å². The van der Waals surface area contributed by atoms with Gasteiger partial charge in [-0.1, -0.05) is 0 Å². The van der Waals surface area contributed by atoms with Crippen LogP contribution in [0.2, 0.25) is 0 Å². The van der Waals surface area contributed by atoms with Crippen molar-refractivity contribution in [1.82, 2.24) is 5.32 Å². The van der Waals surface area contributed by atoms with Crippen LogP contribution in [0.3, 0.4) is 0 Å². The molecule has 6 nitrogen and oxygen atoms in total. The van der Waals surface area contributed by atoms with Crippen molar-refractivity contribution in [2.75, 3.05) is 6.54 Å². The standard InChI is InChI=1S/C9H12N2O4/c10-8(13)9(14)11-4-3-6(12)7-2-1-5-15-7/h1-2,5-6,12H,3-4H2,(H2,10,13)(H,11,14). The van der Waals surface area contributed by atoms with Crippen LogP contribution in [0.15, 0.2) is 22.8 Å². The molecule has 0 aliphatic carbocycles. The third-order valence-electron chi connectivity index (χ3n) is 1.80. The summed E-state index contributed by atoms with van der Waals surface area (Å²) in [5.41, 5.74) is 4.72. The molecule has 0 aliphatic heterocycles. The van der Waals surface area contributed by atoms with E-state index in [2.05, 4.69) is 5.32 Å². The van der Waals surface area contributed by atoms with Crippen LogP contribution in [0.1, 0.15) is 18.3 Å². The minimum atomic E-state index is -1.04. The molecule has 1 aromatic rings. The average Bonchev–Trinajstić information content (AvgIpc) is 2.70. The van der Waals surface area contributed by atoms with Gasteiger partial charge in [0, 0.05) is 6.54 Å². The molecule has 1 heterocycles. The van der Waals surface area contributed by atoms with Gasteiger partial charge in [0.2, 0.25) is 0 Å². The molecule has 4 N–H and O–H groups in total. The Morgan fingerprint density at radius 3 is 2.87 bits per heavy atom. The highest BCUT2D eigenvalue weighted by atomic mass is 16.4. The molecule has 1 unspecified atom stereocenters. The molecule has 0 fully saturated rings. The fourth-order valence-corrected chi connectivity index (χ4v) is 1.03. The molecule has 1 aromatic heterocycles. The van der Waals surface area contributed by atoms with Gasteiger partial charge in [-0.15, -0.1) is 0 Å². The summed E-state index contributed by atoms with van der Waals surface area (Å²) in [7, 11) is 0. The average molecular weight is 212 g/mol. The quantitative estimate of drug-likeness (QED) is 0.574. The van der Waals surface area contributed by atoms with E-state index >= 15 is 0 Å². The Bertz CT molecular complexity index is 334. The zero-order chi connectivity index (χ0) is 11.3. The number of aliphatic hydroxyl groups is 1. The molecule has 2 amide bonds. The second-order valence-corrected chi connectivity index (χ2v) is 2.94. The zero-order valence-electron chi connectivity index (χ0n) is 7.97. The van der Waals surface area contributed by atoms with Crippen LogP contribution >= 0.6 is 0 Å². The summed E-state index contributed by atoms with van der Waals surface area (Å²) < 4.78 is 4.95. The van der Waals surface area contributed by atoms with Gasteiger partial charge >= 0.3 is 11.8 Å². The van der Waals surface area contributed by atoms with E-state index in [1.54, 1.807) is 12.1 Å². The highest BCUT2D eigenvalue weighted by molar-refractivity contribution is 6.34. The Labute approximate surface area is 86.1 Å². The number of nitrogens with two attached hydrogens (primary N) is 1. The second-order valence-electron chi connectivity index (χ2n) is 2.94. The first-order valence-electron chi connectivity index (χ1n) is 4.40. The molecule has 0 saturated carbocycles. The van der Waals surface area contributed by atoms with Crippen LogP contribution in [-0.4, -0.2) is 23.5 Å². The third kappa shape index (κ3) is 3.43. The van der Waals surface area contributed by atoms with E-state index in [0.29, 0.717) is 5.76 Å². The molecule has 0 aliphatic rings. The van der Waals surface area contributed by atoms with Gasteiger partial charge in [0.1, 0.15) is 11.9 Å². The molecule has 6 heteroatoms. The monoisotopic (exact) mass is 212 g/mol. The summed E-state index contributed by atoms with van der Waals surface area (Å²) in [6.07, 6.45) is 0.903. The summed E-state index contributed by atoms with van der Waals surface area (Å²) in [6.45, 7) is 0.156. The van der Waals surface area contributed by atoms with E-state index in [-0.39, 0.29) is 13.0 Å². The summed E-state index contributed by atoms with van der Waals surface area (Å²) in [6, 6.07) is 3.28. The van der Waals surface area contributed by atoms with Crippen molar-refractivity contribution in [1.29, 1.82) is 0 Å². The van der Waals surface area contributed by atoms with E-state index in [0.717, 1.165) is 0 Å². The molecule has 15 heavy (non-hydrogen) atoms. The van der Waals surface area contributed by atoms with Crippen LogP contribution < -0.4 is 11.1 Å². The largest absolute Gasteiger partial charge is 0.467 e.